The van der Waals surface area contributed by atoms with E-state index in [1.165, 1.54) is 6.07 Å². The molecule has 0 aliphatic rings. The summed E-state index contributed by atoms with van der Waals surface area (Å²) in [5.74, 6) is -0.321. The van der Waals surface area contributed by atoms with Gasteiger partial charge in [0.15, 0.2) is 0 Å². The van der Waals surface area contributed by atoms with Crippen molar-refractivity contribution in [3.05, 3.63) is 95.3 Å². The van der Waals surface area contributed by atoms with Crippen LogP contribution in [0, 0.1) is 0 Å². The molecule has 5 rings (SSSR count). The molecule has 5 aromatic rings. The van der Waals surface area contributed by atoms with E-state index >= 15 is 0 Å². The molecule has 0 saturated carbocycles. The van der Waals surface area contributed by atoms with Crippen molar-refractivity contribution in [1.82, 2.24) is 9.97 Å². The van der Waals surface area contributed by atoms with E-state index in [0.29, 0.717) is 37.4 Å². The summed E-state index contributed by atoms with van der Waals surface area (Å²) in [7, 11) is 0. The van der Waals surface area contributed by atoms with Gasteiger partial charge < -0.3 is 30.9 Å². The summed E-state index contributed by atoms with van der Waals surface area (Å²) < 4.78 is 11.2. The van der Waals surface area contributed by atoms with E-state index in [0.717, 1.165) is 32.9 Å². The third-order valence-electron chi connectivity index (χ3n) is 6.06. The number of carbonyl (C=O) groups excluding carboxylic acids is 2. The highest BCUT2D eigenvalue weighted by Gasteiger charge is 2.16. The summed E-state index contributed by atoms with van der Waals surface area (Å²) in [6, 6.07) is 17.0. The van der Waals surface area contributed by atoms with Gasteiger partial charge in [0.25, 0.3) is 0 Å². The Balaban J connectivity index is 1.32. The minimum atomic E-state index is -0.569. The second-order valence-electron chi connectivity index (χ2n) is 8.48. The molecule has 36 heavy (non-hydrogen) atoms. The first kappa shape index (κ1) is 23.3. The molecule has 0 aliphatic carbocycles. The first-order valence-electron chi connectivity index (χ1n) is 11.7. The Kier molecular flexibility index (Phi) is 6.53. The van der Waals surface area contributed by atoms with Gasteiger partial charge in [-0.1, -0.05) is 6.07 Å². The Morgan fingerprint density at radius 3 is 1.58 bits per heavy atom. The number of aromatic nitrogens is 2. The predicted octanol–water partition coefficient (Wildman–Crippen LogP) is 4.09. The van der Waals surface area contributed by atoms with Crippen LogP contribution in [0.5, 0.6) is 11.5 Å². The lowest BCUT2D eigenvalue weighted by molar-refractivity contribution is 0.0734. The Morgan fingerprint density at radius 2 is 1.14 bits per heavy atom. The lowest BCUT2D eigenvalue weighted by atomic mass is 10.1. The molecule has 0 spiro atoms. The summed E-state index contributed by atoms with van der Waals surface area (Å²) in [5.41, 5.74) is 15.9. The zero-order valence-electron chi connectivity index (χ0n) is 19.5. The summed E-state index contributed by atoms with van der Waals surface area (Å²) in [6.07, 6.45) is 5.25. The fraction of sp³-hybridized carbons (Fsp3) is 0.143. The molecule has 0 aliphatic heterocycles. The number of esters is 2. The van der Waals surface area contributed by atoms with Gasteiger partial charge in [0, 0.05) is 34.2 Å². The van der Waals surface area contributed by atoms with Gasteiger partial charge in [-0.15, -0.1) is 0 Å². The van der Waals surface area contributed by atoms with Crippen molar-refractivity contribution in [1.29, 1.82) is 0 Å². The fourth-order valence-electron chi connectivity index (χ4n) is 4.27. The molecular weight excluding hydrogens is 456 g/mol. The number of ether oxygens (including phenoxy) is 2. The van der Waals surface area contributed by atoms with Crippen molar-refractivity contribution >= 4 is 33.7 Å². The molecule has 0 fully saturated rings. The monoisotopic (exact) mass is 482 g/mol. The van der Waals surface area contributed by atoms with Gasteiger partial charge in [0.1, 0.15) is 11.5 Å². The summed E-state index contributed by atoms with van der Waals surface area (Å²) in [6.45, 7) is 1.04. The number of rotatable bonds is 8. The van der Waals surface area contributed by atoms with E-state index in [1.807, 2.05) is 36.7 Å². The number of hydrogen-bond donors (Lipinski definition) is 4. The van der Waals surface area contributed by atoms with Crippen LogP contribution in [0.1, 0.15) is 31.8 Å². The van der Waals surface area contributed by atoms with Crippen molar-refractivity contribution < 1.29 is 19.1 Å². The van der Waals surface area contributed by atoms with Crippen LogP contribution in [0.4, 0.5) is 0 Å². The fourth-order valence-corrected chi connectivity index (χ4v) is 4.27. The van der Waals surface area contributed by atoms with E-state index in [1.54, 1.807) is 30.3 Å². The third kappa shape index (κ3) is 4.72. The minimum Gasteiger partial charge on any atom is -0.423 e. The van der Waals surface area contributed by atoms with Crippen LogP contribution >= 0.6 is 0 Å². The van der Waals surface area contributed by atoms with Crippen LogP contribution in [-0.2, 0) is 12.8 Å². The molecule has 2 aromatic heterocycles. The largest absolute Gasteiger partial charge is 0.423 e. The second-order valence-corrected chi connectivity index (χ2v) is 8.48. The Bertz CT molecular complexity index is 1450. The Labute approximate surface area is 207 Å². The molecule has 0 radical (unpaired) electrons. The van der Waals surface area contributed by atoms with Gasteiger partial charge in [-0.05, 0) is 91.7 Å². The molecule has 0 amide bonds. The Morgan fingerprint density at radius 1 is 0.667 bits per heavy atom. The number of hydrogen-bond acceptors (Lipinski definition) is 6. The normalized spacial score (nSPS) is 11.2. The molecule has 0 atom stereocenters. The molecule has 0 saturated heterocycles. The number of fused-ring (bicyclic) bond motifs is 2. The first-order valence-corrected chi connectivity index (χ1v) is 11.7. The maximum atomic E-state index is 12.8. The van der Waals surface area contributed by atoms with Crippen LogP contribution in [0.3, 0.4) is 0 Å². The van der Waals surface area contributed by atoms with Crippen LogP contribution in [0.15, 0.2) is 73.1 Å². The molecule has 182 valence electrons. The van der Waals surface area contributed by atoms with Gasteiger partial charge in [-0.25, -0.2) is 9.59 Å². The van der Waals surface area contributed by atoms with Crippen LogP contribution < -0.4 is 20.9 Å². The minimum absolute atomic E-state index is 0.243. The van der Waals surface area contributed by atoms with Crippen LogP contribution in [-0.4, -0.2) is 35.0 Å². The van der Waals surface area contributed by atoms with Gasteiger partial charge in [0.2, 0.25) is 0 Å². The van der Waals surface area contributed by atoms with E-state index in [-0.39, 0.29) is 11.1 Å². The highest BCUT2D eigenvalue weighted by molar-refractivity contribution is 5.97. The maximum Gasteiger partial charge on any atom is 0.343 e. The molecule has 2 heterocycles. The molecule has 8 nitrogen and oxygen atoms in total. The molecular formula is C28H26N4O4. The second kappa shape index (κ2) is 10.1. The topological polar surface area (TPSA) is 136 Å². The number of aromatic amines is 2. The van der Waals surface area contributed by atoms with E-state index in [9.17, 15) is 9.59 Å². The van der Waals surface area contributed by atoms with Crippen LogP contribution in [0.2, 0.25) is 0 Å². The predicted molar refractivity (Wildman–Crippen MR) is 138 cm³/mol. The Hall–Kier alpha value is -4.40. The first-order chi connectivity index (χ1) is 17.6. The van der Waals surface area contributed by atoms with E-state index in [2.05, 4.69) is 9.97 Å². The van der Waals surface area contributed by atoms with Gasteiger partial charge >= 0.3 is 11.9 Å². The highest BCUT2D eigenvalue weighted by Crippen LogP contribution is 2.26. The zero-order valence-corrected chi connectivity index (χ0v) is 19.5. The number of H-pyrrole nitrogens is 2. The smallest absolute Gasteiger partial charge is 0.343 e. The van der Waals surface area contributed by atoms with Gasteiger partial charge in [-0.3, -0.25) is 0 Å². The molecule has 6 N–H and O–H groups in total. The lowest BCUT2D eigenvalue weighted by Gasteiger charge is -2.08. The number of nitrogens with one attached hydrogen (secondary N) is 2. The van der Waals surface area contributed by atoms with E-state index in [4.69, 9.17) is 20.9 Å². The van der Waals surface area contributed by atoms with Crippen molar-refractivity contribution in [2.45, 2.75) is 12.8 Å². The van der Waals surface area contributed by atoms with Crippen molar-refractivity contribution in [2.75, 3.05) is 13.1 Å². The molecule has 3 aromatic carbocycles. The van der Waals surface area contributed by atoms with E-state index < -0.39 is 11.9 Å². The third-order valence-corrected chi connectivity index (χ3v) is 6.06. The average molecular weight is 483 g/mol. The SMILES string of the molecule is NCCc1c[nH]c2ccc(OC(=O)c3cccc(C(=O)Oc4ccc5[nH]cc(CCN)c5c4)c3)cc12. The van der Waals surface area contributed by atoms with Crippen molar-refractivity contribution in [3.63, 3.8) is 0 Å². The van der Waals surface area contributed by atoms with Gasteiger partial charge in [0.05, 0.1) is 11.1 Å². The van der Waals surface area contributed by atoms with Crippen molar-refractivity contribution in [3.8, 4) is 11.5 Å². The summed E-state index contributed by atoms with van der Waals surface area (Å²) >= 11 is 0. The quantitative estimate of drug-likeness (QED) is 0.194. The summed E-state index contributed by atoms with van der Waals surface area (Å²) in [4.78, 5) is 32.0. The average Bonchev–Trinajstić information content (AvgIpc) is 3.48. The molecule has 8 heteroatoms. The van der Waals surface area contributed by atoms with Crippen molar-refractivity contribution in [2.24, 2.45) is 11.5 Å². The standard InChI is InChI=1S/C28H26N4O4/c29-10-8-19-15-31-25-6-4-21(13-23(19)25)35-27(33)17-2-1-3-18(12-17)28(34)36-22-5-7-26-24(14-22)20(9-11-30)16-32-26/h1-7,12-16,31-32H,8-11,29-30H2. The molecule has 0 unspecified atom stereocenters. The lowest BCUT2D eigenvalue weighted by Crippen LogP contribution is -2.12. The molecule has 0 bridgehead atoms. The summed E-state index contributed by atoms with van der Waals surface area (Å²) in [5, 5.41) is 1.91. The number of nitrogens with two attached hydrogens (primary N) is 2. The highest BCUT2D eigenvalue weighted by atomic mass is 16.5. The number of carbonyl (C=O) groups is 2. The zero-order chi connectivity index (χ0) is 25.1. The van der Waals surface area contributed by atoms with Gasteiger partial charge in [-0.2, -0.15) is 0 Å². The number of benzene rings is 3. The van der Waals surface area contributed by atoms with Crippen LogP contribution in [0.25, 0.3) is 21.8 Å². The maximum absolute atomic E-state index is 12.8.